The van der Waals surface area contributed by atoms with Gasteiger partial charge in [0.05, 0.1) is 0 Å². The van der Waals surface area contributed by atoms with Gasteiger partial charge in [0.2, 0.25) is 5.12 Å². The minimum atomic E-state index is -0.660. The summed E-state index contributed by atoms with van der Waals surface area (Å²) in [6.07, 6.45) is -0.0892. The fourth-order valence-corrected chi connectivity index (χ4v) is 1.63. The Morgan fingerprint density at radius 2 is 2.10 bits per heavy atom. The van der Waals surface area contributed by atoms with Crippen LogP contribution in [0.25, 0.3) is 0 Å². The first-order valence-electron chi connectivity index (χ1n) is 2.93. The van der Waals surface area contributed by atoms with Crippen LogP contribution >= 0.6 is 11.8 Å². The smallest absolute Gasteiger partial charge is 0.315 e. The minimum absolute atomic E-state index is 0.0892. The van der Waals surface area contributed by atoms with Gasteiger partial charge in [0, 0.05) is 0 Å². The summed E-state index contributed by atoms with van der Waals surface area (Å²) in [5, 5.41) is -0.110. The molecule has 56 valence electrons. The molecule has 0 unspecified atom stereocenters. The Morgan fingerprint density at radius 1 is 1.50 bits per heavy atom. The molecule has 1 saturated heterocycles. The molecule has 1 rings (SSSR count). The molecule has 0 aliphatic carbocycles. The lowest BCUT2D eigenvalue weighted by Crippen LogP contribution is -2.32. The zero-order valence-electron chi connectivity index (χ0n) is 5.84. The van der Waals surface area contributed by atoms with E-state index in [9.17, 15) is 9.59 Å². The van der Waals surface area contributed by atoms with Gasteiger partial charge in [-0.05, 0) is 25.6 Å². The van der Waals surface area contributed by atoms with Gasteiger partial charge in [-0.2, -0.15) is 0 Å². The van der Waals surface area contributed by atoms with Crippen LogP contribution in [0.3, 0.4) is 0 Å². The van der Waals surface area contributed by atoms with E-state index in [2.05, 4.69) is 0 Å². The Morgan fingerprint density at radius 3 is 2.50 bits per heavy atom. The van der Waals surface area contributed by atoms with Gasteiger partial charge >= 0.3 is 5.97 Å². The molecular weight excluding hydrogens is 152 g/mol. The molecule has 1 aliphatic rings. The average Bonchev–Trinajstić information content (AvgIpc) is 1.54. The van der Waals surface area contributed by atoms with E-state index in [1.807, 2.05) is 0 Å². The Hall–Kier alpha value is -0.510. The molecule has 3 nitrogen and oxygen atoms in total. The predicted molar refractivity (Wildman–Crippen MR) is 37.4 cm³/mol. The Labute approximate surface area is 63.1 Å². The fraction of sp³-hybridized carbons (Fsp3) is 0.667. The number of esters is 1. The molecule has 10 heavy (non-hydrogen) atoms. The highest BCUT2D eigenvalue weighted by atomic mass is 32.2. The molecule has 0 saturated carbocycles. The third-order valence-corrected chi connectivity index (χ3v) is 1.95. The van der Waals surface area contributed by atoms with Gasteiger partial charge in [-0.1, -0.05) is 0 Å². The third-order valence-electron chi connectivity index (χ3n) is 1.01. The second-order valence-corrected chi connectivity index (χ2v) is 4.17. The van der Waals surface area contributed by atoms with Crippen LogP contribution in [0.4, 0.5) is 0 Å². The first-order valence-corrected chi connectivity index (χ1v) is 3.75. The fourth-order valence-electron chi connectivity index (χ4n) is 0.759. The van der Waals surface area contributed by atoms with Gasteiger partial charge in [-0.3, -0.25) is 9.59 Å². The van der Waals surface area contributed by atoms with Crippen LogP contribution < -0.4 is 0 Å². The van der Waals surface area contributed by atoms with Crippen molar-refractivity contribution < 1.29 is 14.3 Å². The summed E-state index contributed by atoms with van der Waals surface area (Å²) < 4.78 is 4.85. The van der Waals surface area contributed by atoms with Crippen molar-refractivity contribution in [3.63, 3.8) is 0 Å². The summed E-state index contributed by atoms with van der Waals surface area (Å²) in [5.74, 6) is -0.422. The van der Waals surface area contributed by atoms with Gasteiger partial charge in [0.25, 0.3) is 0 Å². The highest BCUT2D eigenvalue weighted by Crippen LogP contribution is 2.32. The number of hydrogen-bond donors (Lipinski definition) is 0. The van der Waals surface area contributed by atoms with Crippen molar-refractivity contribution in [2.24, 2.45) is 0 Å². The molecule has 0 amide bonds. The zero-order valence-corrected chi connectivity index (χ0v) is 6.66. The molecule has 0 bridgehead atoms. The molecule has 1 aliphatic heterocycles. The monoisotopic (exact) mass is 160 g/mol. The van der Waals surface area contributed by atoms with E-state index < -0.39 is 10.9 Å². The van der Waals surface area contributed by atoms with E-state index in [4.69, 9.17) is 4.74 Å². The molecule has 1 heterocycles. The topological polar surface area (TPSA) is 43.4 Å². The summed E-state index contributed by atoms with van der Waals surface area (Å²) in [4.78, 5) is 20.7. The second kappa shape index (κ2) is 2.27. The SMILES string of the molecule is CC1(C)OC(=O)CC(=O)S1. The maximum atomic E-state index is 10.8. The highest BCUT2D eigenvalue weighted by Gasteiger charge is 2.33. The third kappa shape index (κ3) is 1.73. The zero-order chi connectivity index (χ0) is 7.78. The summed E-state index contributed by atoms with van der Waals surface area (Å²) >= 11 is 1.07. The number of carbonyl (C=O) groups excluding carboxylic acids is 2. The van der Waals surface area contributed by atoms with E-state index in [1.165, 1.54) is 0 Å². The highest BCUT2D eigenvalue weighted by molar-refractivity contribution is 8.14. The Balaban J connectivity index is 2.68. The second-order valence-electron chi connectivity index (χ2n) is 2.52. The van der Waals surface area contributed by atoms with E-state index in [0.29, 0.717) is 0 Å². The van der Waals surface area contributed by atoms with Crippen LogP contribution in [0.2, 0.25) is 0 Å². The molecule has 0 aromatic rings. The number of carbonyl (C=O) groups is 2. The molecule has 0 aromatic carbocycles. The summed E-state index contributed by atoms with van der Waals surface area (Å²) in [5.41, 5.74) is 0. The van der Waals surface area contributed by atoms with Crippen molar-refractivity contribution in [1.82, 2.24) is 0 Å². The number of ether oxygens (including phenoxy) is 1. The van der Waals surface area contributed by atoms with Crippen LogP contribution in [0.1, 0.15) is 20.3 Å². The number of cyclic esters (lactones) is 1. The molecule has 1 fully saturated rings. The quantitative estimate of drug-likeness (QED) is 0.390. The number of hydrogen-bond acceptors (Lipinski definition) is 4. The van der Waals surface area contributed by atoms with E-state index in [0.717, 1.165) is 11.8 Å². The van der Waals surface area contributed by atoms with Gasteiger partial charge in [0.1, 0.15) is 6.42 Å². The molecule has 4 heteroatoms. The van der Waals surface area contributed by atoms with Crippen LogP contribution in [0.5, 0.6) is 0 Å². The summed E-state index contributed by atoms with van der Waals surface area (Å²) in [6, 6.07) is 0. The normalized spacial score (nSPS) is 24.2. The lowest BCUT2D eigenvalue weighted by molar-refractivity contribution is -0.152. The minimum Gasteiger partial charge on any atom is -0.448 e. The van der Waals surface area contributed by atoms with Crippen LogP contribution in [-0.2, 0) is 14.3 Å². The van der Waals surface area contributed by atoms with Crippen molar-refractivity contribution in [1.29, 1.82) is 0 Å². The molecular formula is C6H8O3S. The standard InChI is InChI=1S/C6H8O3S/c1-6(2)9-4(7)3-5(8)10-6/h3H2,1-2H3. The van der Waals surface area contributed by atoms with Crippen LogP contribution in [0.15, 0.2) is 0 Å². The summed E-state index contributed by atoms with van der Waals surface area (Å²) in [6.45, 7) is 3.40. The Kier molecular flexibility index (Phi) is 1.72. The van der Waals surface area contributed by atoms with E-state index in [1.54, 1.807) is 13.8 Å². The lowest BCUT2D eigenvalue weighted by atomic mass is 10.4. The average molecular weight is 160 g/mol. The van der Waals surface area contributed by atoms with Crippen molar-refractivity contribution in [3.8, 4) is 0 Å². The molecule has 0 atom stereocenters. The Bertz CT molecular complexity index is 167. The van der Waals surface area contributed by atoms with Gasteiger partial charge < -0.3 is 4.74 Å². The number of rotatable bonds is 0. The predicted octanol–water partition coefficient (Wildman–Crippen LogP) is 0.929. The van der Waals surface area contributed by atoms with Crippen LogP contribution in [-0.4, -0.2) is 16.0 Å². The van der Waals surface area contributed by atoms with Gasteiger partial charge in [-0.15, -0.1) is 0 Å². The van der Waals surface area contributed by atoms with Gasteiger partial charge in [0.15, 0.2) is 4.93 Å². The van der Waals surface area contributed by atoms with Crippen molar-refractivity contribution in [2.75, 3.05) is 0 Å². The van der Waals surface area contributed by atoms with Crippen molar-refractivity contribution >= 4 is 22.8 Å². The largest absolute Gasteiger partial charge is 0.448 e. The van der Waals surface area contributed by atoms with Gasteiger partial charge in [-0.25, -0.2) is 0 Å². The maximum Gasteiger partial charge on any atom is 0.315 e. The van der Waals surface area contributed by atoms with Crippen LogP contribution in [0, 0.1) is 0 Å². The summed E-state index contributed by atoms with van der Waals surface area (Å²) in [7, 11) is 0. The molecule has 0 aromatic heterocycles. The van der Waals surface area contributed by atoms with E-state index in [-0.39, 0.29) is 11.5 Å². The van der Waals surface area contributed by atoms with Crippen molar-refractivity contribution in [3.05, 3.63) is 0 Å². The maximum absolute atomic E-state index is 10.8. The van der Waals surface area contributed by atoms with E-state index >= 15 is 0 Å². The van der Waals surface area contributed by atoms with Crippen molar-refractivity contribution in [2.45, 2.75) is 25.2 Å². The number of thioether (sulfide) groups is 1. The molecule has 0 N–H and O–H groups in total. The molecule has 0 radical (unpaired) electrons. The lowest BCUT2D eigenvalue weighted by Gasteiger charge is -2.26. The first-order chi connectivity index (χ1) is 4.49. The first kappa shape index (κ1) is 7.60. The molecule has 0 spiro atoms.